The number of alkyl halides is 5. The second kappa shape index (κ2) is 8.69. The van der Waals surface area contributed by atoms with E-state index in [4.69, 9.17) is 0 Å². The van der Waals surface area contributed by atoms with Gasteiger partial charge < -0.3 is 10.6 Å². The summed E-state index contributed by atoms with van der Waals surface area (Å²) in [6.07, 6.45) is -4.73. The fourth-order valence-corrected chi connectivity index (χ4v) is 2.02. The molecule has 0 fully saturated rings. The predicted molar refractivity (Wildman–Crippen MR) is 95.2 cm³/mol. The number of halogens is 5. The molecule has 0 spiro atoms. The van der Waals surface area contributed by atoms with Gasteiger partial charge in [0.1, 0.15) is 5.82 Å². The maximum atomic E-state index is 13.5. The predicted octanol–water partition coefficient (Wildman–Crippen LogP) is 6.84. The maximum absolute atomic E-state index is 13.5. The standard InChI is InChI=1S/C17H15F5N2.C2H6/c1-11(23-14-6-4-3-5-7-14)24-15-9-12(16(2,18)19)8-13(10-15)17(20,21)22;1-2/h3-10,23-24H,1H2,2H3;1-2H3. The van der Waals surface area contributed by atoms with Crippen molar-refractivity contribution >= 4 is 11.4 Å². The van der Waals surface area contributed by atoms with Gasteiger partial charge in [0.05, 0.1) is 5.56 Å². The minimum Gasteiger partial charge on any atom is -0.342 e. The Labute approximate surface area is 149 Å². The number of anilines is 2. The van der Waals surface area contributed by atoms with Crippen molar-refractivity contribution in [3.63, 3.8) is 0 Å². The fraction of sp³-hybridized carbons (Fsp3) is 0.263. The van der Waals surface area contributed by atoms with Gasteiger partial charge in [-0.2, -0.15) is 13.2 Å². The molecule has 2 rings (SSSR count). The van der Waals surface area contributed by atoms with Crippen LogP contribution in [0.4, 0.5) is 33.3 Å². The topological polar surface area (TPSA) is 24.1 Å². The molecule has 0 aromatic heterocycles. The van der Waals surface area contributed by atoms with Gasteiger partial charge >= 0.3 is 6.18 Å². The molecule has 2 nitrogen and oxygen atoms in total. The van der Waals surface area contributed by atoms with Crippen LogP contribution >= 0.6 is 0 Å². The van der Waals surface area contributed by atoms with Crippen LogP contribution in [0, 0.1) is 0 Å². The molecule has 0 heterocycles. The number of rotatable bonds is 5. The van der Waals surface area contributed by atoms with Crippen molar-refractivity contribution in [3.8, 4) is 0 Å². The number of benzene rings is 2. The van der Waals surface area contributed by atoms with Crippen molar-refractivity contribution in [2.45, 2.75) is 32.9 Å². The van der Waals surface area contributed by atoms with Crippen LogP contribution in [0.1, 0.15) is 31.9 Å². The molecule has 0 atom stereocenters. The highest BCUT2D eigenvalue weighted by Gasteiger charge is 2.34. The molecule has 0 amide bonds. The zero-order chi connectivity index (χ0) is 20.0. The lowest BCUT2D eigenvalue weighted by Gasteiger charge is -2.18. The highest BCUT2D eigenvalue weighted by Crippen LogP contribution is 2.36. The van der Waals surface area contributed by atoms with Crippen LogP contribution in [-0.2, 0) is 12.1 Å². The molecule has 0 saturated heterocycles. The van der Waals surface area contributed by atoms with Gasteiger partial charge in [0.15, 0.2) is 0 Å². The summed E-state index contributed by atoms with van der Waals surface area (Å²) in [6, 6.07) is 10.9. The highest BCUT2D eigenvalue weighted by molar-refractivity contribution is 5.58. The molecule has 2 aromatic rings. The van der Waals surface area contributed by atoms with E-state index >= 15 is 0 Å². The molecule has 2 aromatic carbocycles. The molecule has 0 unspecified atom stereocenters. The molecule has 142 valence electrons. The van der Waals surface area contributed by atoms with Crippen LogP contribution in [0.3, 0.4) is 0 Å². The average Bonchev–Trinajstić information content (AvgIpc) is 2.55. The normalized spacial score (nSPS) is 11.2. The molecular formula is C19H21F5N2. The number of nitrogens with one attached hydrogen (secondary N) is 2. The van der Waals surface area contributed by atoms with Gasteiger partial charge in [-0.05, 0) is 30.3 Å². The first-order valence-electron chi connectivity index (χ1n) is 7.94. The lowest BCUT2D eigenvalue weighted by molar-refractivity contribution is -0.137. The third-order valence-corrected chi connectivity index (χ3v) is 3.13. The van der Waals surface area contributed by atoms with Crippen LogP contribution in [0.2, 0.25) is 0 Å². The van der Waals surface area contributed by atoms with Crippen molar-refractivity contribution < 1.29 is 22.0 Å². The van der Waals surface area contributed by atoms with E-state index in [0.29, 0.717) is 18.7 Å². The van der Waals surface area contributed by atoms with Crippen LogP contribution in [-0.4, -0.2) is 0 Å². The fourth-order valence-electron chi connectivity index (χ4n) is 2.02. The lowest BCUT2D eigenvalue weighted by atomic mass is 10.0. The first kappa shape index (κ1) is 21.5. The summed E-state index contributed by atoms with van der Waals surface area (Å²) < 4.78 is 65.6. The Balaban J connectivity index is 0.00000163. The summed E-state index contributed by atoms with van der Waals surface area (Å²) in [7, 11) is 0. The Hall–Kier alpha value is -2.57. The van der Waals surface area contributed by atoms with Crippen LogP contribution < -0.4 is 10.6 Å². The zero-order valence-electron chi connectivity index (χ0n) is 14.7. The van der Waals surface area contributed by atoms with Crippen LogP contribution in [0.25, 0.3) is 0 Å². The monoisotopic (exact) mass is 372 g/mol. The number of para-hydroxylation sites is 1. The second-order valence-corrected chi connectivity index (χ2v) is 5.28. The molecule has 0 aliphatic rings. The van der Waals surface area contributed by atoms with Gasteiger partial charge in [0, 0.05) is 23.9 Å². The van der Waals surface area contributed by atoms with E-state index < -0.39 is 23.2 Å². The Bertz CT molecular complexity index is 687. The SMILES string of the molecule is C=C(Nc1ccccc1)Nc1cc(C(C)(F)F)cc(C(F)(F)F)c1.CC. The van der Waals surface area contributed by atoms with Gasteiger partial charge in [0.2, 0.25) is 0 Å². The van der Waals surface area contributed by atoms with Crippen molar-refractivity contribution in [3.05, 3.63) is 72.1 Å². The summed E-state index contributed by atoms with van der Waals surface area (Å²) >= 11 is 0. The average molecular weight is 372 g/mol. The Morgan fingerprint density at radius 3 is 1.81 bits per heavy atom. The van der Waals surface area contributed by atoms with Crippen molar-refractivity contribution in [1.29, 1.82) is 0 Å². The van der Waals surface area contributed by atoms with Crippen LogP contribution in [0.15, 0.2) is 60.9 Å². The van der Waals surface area contributed by atoms with Gasteiger partial charge in [-0.1, -0.05) is 38.6 Å². The zero-order valence-corrected chi connectivity index (χ0v) is 14.7. The molecule has 0 bridgehead atoms. The molecular weight excluding hydrogens is 351 g/mol. The summed E-state index contributed by atoms with van der Waals surface area (Å²) in [4.78, 5) is 0. The third kappa shape index (κ3) is 6.38. The maximum Gasteiger partial charge on any atom is 0.416 e. The molecule has 0 saturated carbocycles. The third-order valence-electron chi connectivity index (χ3n) is 3.13. The van der Waals surface area contributed by atoms with Gasteiger partial charge in [0.25, 0.3) is 5.92 Å². The van der Waals surface area contributed by atoms with E-state index in [1.165, 1.54) is 0 Å². The van der Waals surface area contributed by atoms with E-state index in [0.717, 1.165) is 12.1 Å². The number of hydrogen-bond acceptors (Lipinski definition) is 2. The van der Waals surface area contributed by atoms with Gasteiger partial charge in [-0.3, -0.25) is 0 Å². The van der Waals surface area contributed by atoms with Crippen molar-refractivity contribution in [1.82, 2.24) is 0 Å². The van der Waals surface area contributed by atoms with E-state index in [1.54, 1.807) is 30.3 Å². The Morgan fingerprint density at radius 2 is 1.31 bits per heavy atom. The molecule has 26 heavy (non-hydrogen) atoms. The summed E-state index contributed by atoms with van der Waals surface area (Å²) in [5.41, 5.74) is -1.36. The first-order valence-corrected chi connectivity index (χ1v) is 7.94. The van der Waals surface area contributed by atoms with E-state index in [9.17, 15) is 22.0 Å². The van der Waals surface area contributed by atoms with E-state index in [-0.39, 0.29) is 11.5 Å². The minimum absolute atomic E-state index is 0.130. The number of hydrogen-bond donors (Lipinski definition) is 2. The largest absolute Gasteiger partial charge is 0.416 e. The van der Waals surface area contributed by atoms with Gasteiger partial charge in [-0.25, -0.2) is 8.78 Å². The minimum atomic E-state index is -4.73. The smallest absolute Gasteiger partial charge is 0.342 e. The molecule has 7 heteroatoms. The summed E-state index contributed by atoms with van der Waals surface area (Å²) in [6.45, 7) is 8.18. The second-order valence-electron chi connectivity index (χ2n) is 5.28. The first-order chi connectivity index (χ1) is 12.1. The van der Waals surface area contributed by atoms with Crippen LogP contribution in [0.5, 0.6) is 0 Å². The quantitative estimate of drug-likeness (QED) is 0.562. The van der Waals surface area contributed by atoms with E-state index in [2.05, 4.69) is 17.2 Å². The van der Waals surface area contributed by atoms with E-state index in [1.807, 2.05) is 13.8 Å². The highest BCUT2D eigenvalue weighted by atomic mass is 19.4. The van der Waals surface area contributed by atoms with Crippen molar-refractivity contribution in [2.75, 3.05) is 10.6 Å². The van der Waals surface area contributed by atoms with Gasteiger partial charge in [-0.15, -0.1) is 0 Å². The molecule has 0 aliphatic carbocycles. The summed E-state index contributed by atoms with van der Waals surface area (Å²) in [5.74, 6) is -3.24. The Morgan fingerprint density at radius 1 is 0.808 bits per heavy atom. The lowest BCUT2D eigenvalue weighted by Crippen LogP contribution is -2.14. The molecule has 0 radical (unpaired) electrons. The molecule has 0 aliphatic heterocycles. The Kier molecular flexibility index (Phi) is 7.18. The summed E-state index contributed by atoms with van der Waals surface area (Å²) in [5, 5.41) is 5.41. The molecule has 2 N–H and O–H groups in total. The van der Waals surface area contributed by atoms with Crippen molar-refractivity contribution in [2.24, 2.45) is 0 Å².